The van der Waals surface area contributed by atoms with Crippen LogP contribution in [0.15, 0.2) is 49.1 Å². The first-order valence-corrected chi connectivity index (χ1v) is 11.7. The molecule has 1 atom stereocenters. The van der Waals surface area contributed by atoms with Crippen molar-refractivity contribution >= 4 is 45.7 Å². The number of likely N-dealkylation sites (N-methyl/N-ethyl adjacent to an activating group) is 1. The average molecular weight is 500 g/mol. The molecular weight excluding hydrogens is 477 g/mol. The van der Waals surface area contributed by atoms with E-state index in [0.29, 0.717) is 38.2 Å². The van der Waals surface area contributed by atoms with Gasteiger partial charge in [0.05, 0.1) is 28.0 Å². The number of nitrogens with zero attached hydrogens (tertiary/aromatic N) is 6. The third kappa shape index (κ3) is 4.22. The van der Waals surface area contributed by atoms with Gasteiger partial charge in [-0.05, 0) is 19.5 Å². The maximum Gasteiger partial charge on any atom is 0.277 e. The van der Waals surface area contributed by atoms with Gasteiger partial charge in [0.2, 0.25) is 0 Å². The van der Waals surface area contributed by atoms with Crippen molar-refractivity contribution in [1.29, 1.82) is 0 Å². The van der Waals surface area contributed by atoms with Crippen molar-refractivity contribution in [2.24, 2.45) is 0 Å². The van der Waals surface area contributed by atoms with Crippen LogP contribution in [0.25, 0.3) is 10.9 Å². The molecule has 1 amide bonds. The fourth-order valence-electron chi connectivity index (χ4n) is 4.06. The van der Waals surface area contributed by atoms with Crippen molar-refractivity contribution in [3.8, 4) is 0 Å². The fraction of sp³-hybridized carbons (Fsp3) is 0.304. The maximum absolute atomic E-state index is 13.1. The molecule has 1 aromatic carbocycles. The number of nitrogens with one attached hydrogen (secondary N) is 1. The number of halogens is 2. The van der Waals surface area contributed by atoms with Crippen molar-refractivity contribution < 1.29 is 9.63 Å². The number of likely N-dealkylation sites (tertiary alicyclic amines) is 1. The van der Waals surface area contributed by atoms with E-state index < -0.39 is 6.10 Å². The van der Waals surface area contributed by atoms with Crippen molar-refractivity contribution in [3.05, 3.63) is 70.4 Å². The second kappa shape index (κ2) is 9.25. The molecule has 5 rings (SSSR count). The largest absolute Gasteiger partial charge is 0.388 e. The number of amides is 1. The predicted octanol–water partition coefficient (Wildman–Crippen LogP) is 4.25. The summed E-state index contributed by atoms with van der Waals surface area (Å²) >= 11 is 12.6. The van der Waals surface area contributed by atoms with Crippen LogP contribution in [-0.2, 0) is 0 Å². The SMILES string of the molecule is CCN1CC(n2cc(NC(=O)c3nn(OC(C)c4c(Cl)cncc4Cl)c4ccccc34)cn2)C1. The Balaban J connectivity index is 1.37. The van der Waals surface area contributed by atoms with Gasteiger partial charge in [0.1, 0.15) is 5.52 Å². The van der Waals surface area contributed by atoms with E-state index in [1.807, 2.05) is 35.1 Å². The van der Waals surface area contributed by atoms with Gasteiger partial charge in [-0.25, -0.2) is 0 Å². The Hall–Kier alpha value is -3.14. The molecule has 0 bridgehead atoms. The summed E-state index contributed by atoms with van der Waals surface area (Å²) in [6, 6.07) is 7.68. The Labute approximate surface area is 206 Å². The Morgan fingerprint density at radius 1 is 1.21 bits per heavy atom. The molecule has 3 aromatic heterocycles. The highest BCUT2D eigenvalue weighted by Crippen LogP contribution is 2.30. The topological polar surface area (TPSA) is 90.1 Å². The van der Waals surface area contributed by atoms with Crippen LogP contribution in [0.4, 0.5) is 5.69 Å². The van der Waals surface area contributed by atoms with E-state index in [-0.39, 0.29) is 11.6 Å². The number of rotatable bonds is 7. The Morgan fingerprint density at radius 3 is 2.68 bits per heavy atom. The molecule has 1 aliphatic heterocycles. The number of para-hydroxylation sites is 1. The monoisotopic (exact) mass is 499 g/mol. The molecular formula is C23H23Cl2N7O2. The summed E-state index contributed by atoms with van der Waals surface area (Å²) in [5.41, 5.74) is 2.09. The Bertz CT molecular complexity index is 1330. The molecule has 4 heterocycles. The molecule has 0 spiro atoms. The van der Waals surface area contributed by atoms with Crippen LogP contribution in [0.5, 0.6) is 0 Å². The van der Waals surface area contributed by atoms with Gasteiger partial charge in [-0.2, -0.15) is 5.10 Å². The predicted molar refractivity (Wildman–Crippen MR) is 130 cm³/mol. The van der Waals surface area contributed by atoms with E-state index in [2.05, 4.69) is 32.3 Å². The van der Waals surface area contributed by atoms with E-state index in [1.165, 1.54) is 17.2 Å². The summed E-state index contributed by atoms with van der Waals surface area (Å²) < 4.78 is 1.89. The number of pyridine rings is 1. The highest BCUT2D eigenvalue weighted by molar-refractivity contribution is 6.35. The standard InChI is InChI=1S/C23H23Cl2N7O2/c1-3-30-12-16(13-30)31-11-15(8-27-31)28-23(33)22-17-6-4-5-7-20(17)32(29-22)34-14(2)21-18(24)9-26-10-19(21)25/h4-11,14,16H,3,12-13H2,1-2H3,(H,28,33). The number of hydrogen-bond acceptors (Lipinski definition) is 6. The van der Waals surface area contributed by atoms with Crippen LogP contribution in [0.2, 0.25) is 10.0 Å². The molecule has 1 aliphatic rings. The van der Waals surface area contributed by atoms with E-state index in [4.69, 9.17) is 28.0 Å². The smallest absolute Gasteiger partial charge is 0.277 e. The number of benzene rings is 1. The Morgan fingerprint density at radius 2 is 1.94 bits per heavy atom. The number of hydrogen-bond donors (Lipinski definition) is 1. The number of carbonyl (C=O) groups is 1. The molecule has 4 aromatic rings. The third-order valence-corrected chi connectivity index (χ3v) is 6.55. The lowest BCUT2D eigenvalue weighted by molar-refractivity contribution is 0.0321. The quantitative estimate of drug-likeness (QED) is 0.408. The van der Waals surface area contributed by atoms with Crippen molar-refractivity contribution in [3.63, 3.8) is 0 Å². The van der Waals surface area contributed by atoms with Crippen LogP contribution >= 0.6 is 23.2 Å². The zero-order valence-corrected chi connectivity index (χ0v) is 20.2. The van der Waals surface area contributed by atoms with Gasteiger partial charge in [0.15, 0.2) is 11.8 Å². The van der Waals surface area contributed by atoms with Gasteiger partial charge in [0, 0.05) is 42.6 Å². The van der Waals surface area contributed by atoms with E-state index in [9.17, 15) is 4.79 Å². The number of aromatic nitrogens is 5. The van der Waals surface area contributed by atoms with Crippen LogP contribution < -0.4 is 10.2 Å². The van der Waals surface area contributed by atoms with Crippen LogP contribution in [-0.4, -0.2) is 55.1 Å². The molecule has 34 heavy (non-hydrogen) atoms. The van der Waals surface area contributed by atoms with Gasteiger partial charge in [-0.1, -0.05) is 53.2 Å². The molecule has 0 saturated carbocycles. The molecule has 1 N–H and O–H groups in total. The minimum atomic E-state index is -0.536. The lowest BCUT2D eigenvalue weighted by Crippen LogP contribution is -2.47. The van der Waals surface area contributed by atoms with Gasteiger partial charge >= 0.3 is 0 Å². The van der Waals surface area contributed by atoms with Gasteiger partial charge in [-0.3, -0.25) is 19.4 Å². The van der Waals surface area contributed by atoms with Gasteiger partial charge < -0.3 is 10.2 Å². The highest BCUT2D eigenvalue weighted by Gasteiger charge is 2.28. The molecule has 9 nitrogen and oxygen atoms in total. The van der Waals surface area contributed by atoms with E-state index in [0.717, 1.165) is 19.6 Å². The molecule has 1 saturated heterocycles. The lowest BCUT2D eigenvalue weighted by atomic mass is 10.1. The fourth-order valence-corrected chi connectivity index (χ4v) is 4.73. The highest BCUT2D eigenvalue weighted by atomic mass is 35.5. The minimum absolute atomic E-state index is 0.239. The summed E-state index contributed by atoms with van der Waals surface area (Å²) in [7, 11) is 0. The van der Waals surface area contributed by atoms with Gasteiger partial charge in [0.25, 0.3) is 5.91 Å². The maximum atomic E-state index is 13.1. The van der Waals surface area contributed by atoms with Crippen molar-refractivity contribution in [1.82, 2.24) is 29.6 Å². The summed E-state index contributed by atoms with van der Waals surface area (Å²) in [6.07, 6.45) is 5.97. The second-order valence-corrected chi connectivity index (χ2v) is 8.99. The molecule has 0 radical (unpaired) electrons. The second-order valence-electron chi connectivity index (χ2n) is 8.17. The zero-order chi connectivity index (χ0) is 23.8. The first-order valence-electron chi connectivity index (χ1n) is 11.0. The van der Waals surface area contributed by atoms with Gasteiger partial charge in [-0.15, -0.1) is 5.10 Å². The molecule has 1 unspecified atom stereocenters. The van der Waals surface area contributed by atoms with Crippen molar-refractivity contribution in [2.75, 3.05) is 25.0 Å². The molecule has 1 fully saturated rings. The molecule has 0 aliphatic carbocycles. The first kappa shape index (κ1) is 22.6. The number of anilines is 1. The summed E-state index contributed by atoms with van der Waals surface area (Å²) in [5, 5.41) is 13.2. The normalized spacial score (nSPS) is 15.3. The Kier molecular flexibility index (Phi) is 6.16. The lowest BCUT2D eigenvalue weighted by Gasteiger charge is -2.38. The minimum Gasteiger partial charge on any atom is -0.388 e. The van der Waals surface area contributed by atoms with Crippen LogP contribution in [0, 0.1) is 0 Å². The van der Waals surface area contributed by atoms with Crippen LogP contribution in [0.3, 0.4) is 0 Å². The van der Waals surface area contributed by atoms with E-state index >= 15 is 0 Å². The summed E-state index contributed by atoms with van der Waals surface area (Å²) in [5.74, 6) is -0.352. The van der Waals surface area contributed by atoms with E-state index in [1.54, 1.807) is 13.1 Å². The van der Waals surface area contributed by atoms with Crippen LogP contribution in [0.1, 0.15) is 42.0 Å². The third-order valence-electron chi connectivity index (χ3n) is 5.94. The number of fused-ring (bicyclic) bond motifs is 1. The first-order chi connectivity index (χ1) is 16.4. The average Bonchev–Trinajstić information content (AvgIpc) is 3.38. The van der Waals surface area contributed by atoms with Crippen molar-refractivity contribution in [2.45, 2.75) is 26.0 Å². The zero-order valence-electron chi connectivity index (χ0n) is 18.7. The molecule has 176 valence electrons. The molecule has 11 heteroatoms. The summed E-state index contributed by atoms with van der Waals surface area (Å²) in [6.45, 7) is 6.89. The number of carbonyl (C=O) groups excluding carboxylic acids is 1. The summed E-state index contributed by atoms with van der Waals surface area (Å²) in [4.78, 5) is 26.8.